The standard InChI is InChI=1S/C22H22ClN3O3/c23-16-11-9-15(10-12-16)13-25-18-7-3-4-8-19(18)26(22(29)21(25)28)14-20(27)24-17-5-1-2-6-17/h3-4,7-12,17H,1-2,5-6,13-14H2,(H,24,27). The summed E-state index contributed by atoms with van der Waals surface area (Å²) in [5, 5.41) is 3.58. The van der Waals surface area contributed by atoms with Crippen LogP contribution in [0.2, 0.25) is 5.02 Å². The normalized spacial score (nSPS) is 14.4. The summed E-state index contributed by atoms with van der Waals surface area (Å²) in [6, 6.07) is 14.5. The molecule has 1 heterocycles. The number of benzene rings is 2. The first-order chi connectivity index (χ1) is 14.0. The van der Waals surface area contributed by atoms with Crippen LogP contribution in [0.5, 0.6) is 0 Å². The van der Waals surface area contributed by atoms with E-state index in [2.05, 4.69) is 5.32 Å². The van der Waals surface area contributed by atoms with E-state index >= 15 is 0 Å². The minimum Gasteiger partial charge on any atom is -0.352 e. The van der Waals surface area contributed by atoms with Crippen molar-refractivity contribution < 1.29 is 4.79 Å². The molecule has 1 fully saturated rings. The number of halogens is 1. The number of carbonyl (C=O) groups excluding carboxylic acids is 1. The third-order valence-corrected chi connectivity index (χ3v) is 5.66. The smallest absolute Gasteiger partial charge is 0.317 e. The van der Waals surface area contributed by atoms with E-state index in [1.54, 1.807) is 30.3 Å². The number of carbonyl (C=O) groups is 1. The summed E-state index contributed by atoms with van der Waals surface area (Å²) >= 11 is 5.94. The van der Waals surface area contributed by atoms with Gasteiger partial charge in [0.05, 0.1) is 17.6 Å². The lowest BCUT2D eigenvalue weighted by molar-refractivity contribution is -0.122. The quantitative estimate of drug-likeness (QED) is 0.656. The van der Waals surface area contributed by atoms with E-state index in [1.807, 2.05) is 18.2 Å². The van der Waals surface area contributed by atoms with E-state index in [4.69, 9.17) is 11.6 Å². The Hall–Kier alpha value is -2.86. The van der Waals surface area contributed by atoms with Crippen molar-refractivity contribution in [2.45, 2.75) is 44.8 Å². The molecule has 1 saturated carbocycles. The molecule has 7 heteroatoms. The summed E-state index contributed by atoms with van der Waals surface area (Å²) in [6.07, 6.45) is 4.14. The van der Waals surface area contributed by atoms with Gasteiger partial charge in [-0.25, -0.2) is 0 Å². The Morgan fingerprint density at radius 3 is 2.17 bits per heavy atom. The van der Waals surface area contributed by atoms with Gasteiger partial charge in [0.25, 0.3) is 0 Å². The van der Waals surface area contributed by atoms with Gasteiger partial charge < -0.3 is 5.32 Å². The van der Waals surface area contributed by atoms with Crippen LogP contribution in [0.3, 0.4) is 0 Å². The number of rotatable bonds is 5. The molecule has 1 aliphatic carbocycles. The Morgan fingerprint density at radius 1 is 0.931 bits per heavy atom. The molecule has 2 aromatic carbocycles. The van der Waals surface area contributed by atoms with Gasteiger partial charge in [0, 0.05) is 11.1 Å². The Morgan fingerprint density at radius 2 is 1.52 bits per heavy atom. The minimum absolute atomic E-state index is 0.160. The van der Waals surface area contributed by atoms with Crippen LogP contribution in [0.25, 0.3) is 11.0 Å². The lowest BCUT2D eigenvalue weighted by Crippen LogP contribution is -2.45. The van der Waals surface area contributed by atoms with Gasteiger partial charge in [0.15, 0.2) is 0 Å². The molecule has 1 N–H and O–H groups in total. The van der Waals surface area contributed by atoms with Crippen molar-refractivity contribution in [3.05, 3.63) is 79.8 Å². The Balaban J connectivity index is 1.72. The highest BCUT2D eigenvalue weighted by atomic mass is 35.5. The summed E-state index contributed by atoms with van der Waals surface area (Å²) in [5.41, 5.74) is 0.692. The summed E-state index contributed by atoms with van der Waals surface area (Å²) < 4.78 is 2.73. The molecule has 0 saturated heterocycles. The molecule has 0 radical (unpaired) electrons. The third kappa shape index (κ3) is 4.12. The van der Waals surface area contributed by atoms with Crippen molar-refractivity contribution >= 4 is 28.5 Å². The van der Waals surface area contributed by atoms with Crippen LogP contribution in [0, 0.1) is 0 Å². The predicted octanol–water partition coefficient (Wildman–Crippen LogP) is 2.92. The molecule has 0 spiro atoms. The second kappa shape index (κ2) is 8.25. The number of nitrogens with zero attached hydrogens (tertiary/aromatic N) is 2. The van der Waals surface area contributed by atoms with Crippen molar-refractivity contribution in [2.24, 2.45) is 0 Å². The highest BCUT2D eigenvalue weighted by Gasteiger charge is 2.19. The van der Waals surface area contributed by atoms with Crippen LogP contribution in [-0.2, 0) is 17.9 Å². The molecule has 4 rings (SSSR count). The fourth-order valence-corrected chi connectivity index (χ4v) is 4.07. The lowest BCUT2D eigenvalue weighted by atomic mass is 10.2. The van der Waals surface area contributed by atoms with Gasteiger partial charge in [-0.05, 0) is 42.7 Å². The van der Waals surface area contributed by atoms with Crippen molar-refractivity contribution in [1.29, 1.82) is 0 Å². The zero-order valence-electron chi connectivity index (χ0n) is 15.9. The number of para-hydroxylation sites is 2. The number of hydrogen-bond donors (Lipinski definition) is 1. The van der Waals surface area contributed by atoms with Crippen molar-refractivity contribution in [1.82, 2.24) is 14.5 Å². The van der Waals surface area contributed by atoms with Crippen LogP contribution in [0.4, 0.5) is 0 Å². The third-order valence-electron chi connectivity index (χ3n) is 5.41. The van der Waals surface area contributed by atoms with Crippen LogP contribution >= 0.6 is 11.6 Å². The van der Waals surface area contributed by atoms with Crippen LogP contribution in [0.1, 0.15) is 31.2 Å². The molecule has 150 valence electrons. The van der Waals surface area contributed by atoms with E-state index < -0.39 is 11.1 Å². The van der Waals surface area contributed by atoms with Crippen LogP contribution in [-0.4, -0.2) is 21.1 Å². The van der Waals surface area contributed by atoms with Gasteiger partial charge in [-0.1, -0.05) is 48.7 Å². The SMILES string of the molecule is O=C(Cn1c(=O)c(=O)n(Cc2ccc(Cl)cc2)c2ccccc21)NC1CCCC1. The first-order valence-corrected chi connectivity index (χ1v) is 10.2. The van der Waals surface area contributed by atoms with E-state index in [9.17, 15) is 14.4 Å². The molecule has 0 bridgehead atoms. The fourth-order valence-electron chi connectivity index (χ4n) is 3.94. The van der Waals surface area contributed by atoms with Gasteiger partial charge in [-0.2, -0.15) is 0 Å². The number of nitrogens with one attached hydrogen (secondary N) is 1. The number of aromatic nitrogens is 2. The maximum absolute atomic E-state index is 12.9. The molecule has 1 amide bonds. The molecule has 3 aromatic rings. The van der Waals surface area contributed by atoms with Crippen LogP contribution < -0.4 is 16.4 Å². The van der Waals surface area contributed by atoms with E-state index in [1.165, 1.54) is 9.13 Å². The first-order valence-electron chi connectivity index (χ1n) is 9.79. The largest absolute Gasteiger partial charge is 0.352 e. The molecular formula is C22H22ClN3O3. The molecule has 6 nitrogen and oxygen atoms in total. The summed E-state index contributed by atoms with van der Waals surface area (Å²) in [5.74, 6) is -0.237. The number of fused-ring (bicyclic) bond motifs is 1. The molecule has 0 unspecified atom stereocenters. The molecular weight excluding hydrogens is 390 g/mol. The monoisotopic (exact) mass is 411 g/mol. The first kappa shape index (κ1) is 19.5. The highest BCUT2D eigenvalue weighted by Crippen LogP contribution is 2.18. The number of hydrogen-bond acceptors (Lipinski definition) is 3. The molecule has 1 aromatic heterocycles. The fraction of sp³-hybridized carbons (Fsp3) is 0.318. The Bertz CT molecular complexity index is 1160. The second-order valence-electron chi connectivity index (χ2n) is 7.45. The lowest BCUT2D eigenvalue weighted by Gasteiger charge is -2.16. The van der Waals surface area contributed by atoms with Crippen molar-refractivity contribution in [3.63, 3.8) is 0 Å². The van der Waals surface area contributed by atoms with Gasteiger partial charge in [-0.15, -0.1) is 0 Å². The molecule has 1 aliphatic rings. The zero-order valence-corrected chi connectivity index (χ0v) is 16.7. The van der Waals surface area contributed by atoms with E-state index in [0.717, 1.165) is 31.2 Å². The highest BCUT2D eigenvalue weighted by molar-refractivity contribution is 6.30. The van der Waals surface area contributed by atoms with E-state index in [0.29, 0.717) is 16.1 Å². The summed E-state index contributed by atoms with van der Waals surface area (Å²) in [7, 11) is 0. The zero-order chi connectivity index (χ0) is 20.4. The van der Waals surface area contributed by atoms with Crippen LogP contribution in [0.15, 0.2) is 58.1 Å². The summed E-state index contributed by atoms with van der Waals surface area (Å²) in [6.45, 7) is 0.0910. The van der Waals surface area contributed by atoms with Gasteiger partial charge in [0.1, 0.15) is 6.54 Å². The maximum Gasteiger partial charge on any atom is 0.317 e. The molecule has 29 heavy (non-hydrogen) atoms. The molecule has 0 aliphatic heterocycles. The number of amides is 1. The Kier molecular flexibility index (Phi) is 5.53. The topological polar surface area (TPSA) is 73.1 Å². The maximum atomic E-state index is 12.9. The summed E-state index contributed by atoms with van der Waals surface area (Å²) in [4.78, 5) is 38.2. The second-order valence-corrected chi connectivity index (χ2v) is 7.88. The average molecular weight is 412 g/mol. The average Bonchev–Trinajstić information content (AvgIpc) is 3.23. The Labute approximate surface area is 172 Å². The van der Waals surface area contributed by atoms with Crippen molar-refractivity contribution in [3.8, 4) is 0 Å². The van der Waals surface area contributed by atoms with E-state index in [-0.39, 0.29) is 25.0 Å². The predicted molar refractivity (Wildman–Crippen MR) is 113 cm³/mol. The van der Waals surface area contributed by atoms with Gasteiger partial charge >= 0.3 is 11.1 Å². The molecule has 0 atom stereocenters. The van der Waals surface area contributed by atoms with Crippen molar-refractivity contribution in [2.75, 3.05) is 0 Å². The van der Waals surface area contributed by atoms with Gasteiger partial charge in [-0.3, -0.25) is 23.5 Å². The van der Waals surface area contributed by atoms with Gasteiger partial charge in [0.2, 0.25) is 5.91 Å². The minimum atomic E-state index is -0.695.